The molecule has 0 bridgehead atoms. The van der Waals surface area contributed by atoms with Crippen LogP contribution in [0, 0.1) is 14.1 Å². The molecule has 1 heteroatoms. The fourth-order valence-electron chi connectivity index (χ4n) is 1.74. The summed E-state index contributed by atoms with van der Waals surface area (Å²) in [6.07, 6.45) is 0. The van der Waals surface area contributed by atoms with Crippen molar-refractivity contribution in [3.63, 3.8) is 0 Å². The van der Waals surface area contributed by atoms with Gasteiger partial charge in [-0.25, -0.2) is 0 Å². The van der Waals surface area contributed by atoms with E-state index in [1.165, 1.54) is 14.7 Å². The number of rotatable bonds is 3. The van der Waals surface area contributed by atoms with Crippen LogP contribution in [0.15, 0.2) is 48.5 Å². The normalized spacial score (nSPS) is 10.8. The number of hydrogen-bond acceptors (Lipinski definition) is 0. The fraction of sp³-hybridized carbons (Fsp3) is 0.250. The first-order valence-corrected chi connectivity index (χ1v) is 8.13. The molecule has 0 heterocycles. The van der Waals surface area contributed by atoms with Crippen LogP contribution in [0.1, 0.15) is 30.9 Å². The smallest absolute Gasteiger partial charge is 0.0617 e. The van der Waals surface area contributed by atoms with Gasteiger partial charge in [-0.15, -0.1) is 0 Å². The highest BCUT2D eigenvalue weighted by Gasteiger charge is 2.20. The Bertz CT molecular complexity index is 483. The van der Waals surface area contributed by atoms with Crippen LogP contribution < -0.4 is 21.2 Å². The predicted molar refractivity (Wildman–Crippen MR) is 69.1 cm³/mol. The zero-order chi connectivity index (χ0) is 12.3. The zero-order valence-corrected chi connectivity index (χ0v) is 12.7. The lowest BCUT2D eigenvalue weighted by atomic mass is 10.0. The van der Waals surface area contributed by atoms with Crippen molar-refractivity contribution < 1.29 is 21.2 Å². The molecule has 2 rings (SSSR count). The van der Waals surface area contributed by atoms with E-state index < -0.39 is 0 Å². The monoisotopic (exact) mass is 337 g/mol. The van der Waals surface area contributed by atoms with Gasteiger partial charge in [0.1, 0.15) is 0 Å². The zero-order valence-electron chi connectivity index (χ0n) is 10.6. The molecule has 0 aromatic heterocycles. The molecule has 0 aliphatic carbocycles. The van der Waals surface area contributed by atoms with Gasteiger partial charge in [0.05, 0.1) is 0 Å². The van der Waals surface area contributed by atoms with Crippen molar-refractivity contribution >= 4 is 0 Å². The maximum Gasteiger partial charge on any atom is 0.358 e. The first-order valence-electron chi connectivity index (χ1n) is 5.97. The van der Waals surface area contributed by atoms with Gasteiger partial charge in [-0.1, -0.05) is 49.7 Å². The van der Waals surface area contributed by atoms with Gasteiger partial charge >= 0.3 is 21.2 Å². The van der Waals surface area contributed by atoms with Gasteiger partial charge in [0, 0.05) is 5.56 Å². The molecule has 0 N–H and O–H groups in total. The molecule has 0 aliphatic rings. The fourth-order valence-corrected chi connectivity index (χ4v) is 4.63. The van der Waals surface area contributed by atoms with Crippen LogP contribution in [0.3, 0.4) is 0 Å². The van der Waals surface area contributed by atoms with Gasteiger partial charge in [-0.3, -0.25) is 0 Å². The second-order valence-corrected chi connectivity index (χ2v) is 7.51. The molecule has 0 nitrogen and oxygen atoms in total. The third kappa shape index (κ3) is 3.32. The van der Waals surface area contributed by atoms with E-state index >= 15 is 0 Å². The second kappa shape index (κ2) is 5.67. The molecule has 0 radical (unpaired) electrons. The minimum Gasteiger partial charge on any atom is -0.0617 e. The molecule has 0 amide bonds. The van der Waals surface area contributed by atoms with Crippen molar-refractivity contribution in [2.24, 2.45) is 0 Å². The summed E-state index contributed by atoms with van der Waals surface area (Å²) in [5.74, 6) is 0.622. The second-order valence-electron chi connectivity index (χ2n) is 4.57. The SMILES string of the molecule is Cc1ccc([I+]c2ccccc2C(C)C)cc1. The first-order chi connectivity index (χ1) is 8.16. The topological polar surface area (TPSA) is 0 Å². The maximum absolute atomic E-state index is 2.29. The molecule has 0 saturated carbocycles. The van der Waals surface area contributed by atoms with E-state index in [4.69, 9.17) is 0 Å². The molecule has 0 fully saturated rings. The van der Waals surface area contributed by atoms with Gasteiger partial charge in [0.25, 0.3) is 0 Å². The van der Waals surface area contributed by atoms with E-state index in [1.807, 2.05) is 0 Å². The summed E-state index contributed by atoms with van der Waals surface area (Å²) < 4.78 is 3.06. The summed E-state index contributed by atoms with van der Waals surface area (Å²) in [6, 6.07) is 17.9. The quantitative estimate of drug-likeness (QED) is 0.740. The number of hydrogen-bond donors (Lipinski definition) is 0. The average molecular weight is 337 g/mol. The van der Waals surface area contributed by atoms with Crippen molar-refractivity contribution in [3.8, 4) is 0 Å². The highest BCUT2D eigenvalue weighted by atomic mass is 127. The Morgan fingerprint density at radius 1 is 0.882 bits per heavy atom. The van der Waals surface area contributed by atoms with E-state index in [-0.39, 0.29) is 21.2 Å². The third-order valence-electron chi connectivity index (χ3n) is 2.75. The lowest BCUT2D eigenvalue weighted by Gasteiger charge is -2.03. The Balaban J connectivity index is 2.26. The summed E-state index contributed by atoms with van der Waals surface area (Å²) in [6.45, 7) is 6.69. The molecule has 88 valence electrons. The van der Waals surface area contributed by atoms with E-state index in [1.54, 1.807) is 3.57 Å². The Kier molecular flexibility index (Phi) is 4.21. The minimum atomic E-state index is -0.0393. The molecule has 0 atom stereocenters. The Labute approximate surface area is 114 Å². The molecule has 2 aromatic rings. The van der Waals surface area contributed by atoms with Gasteiger partial charge < -0.3 is 0 Å². The average Bonchev–Trinajstić information content (AvgIpc) is 2.32. The molecule has 0 aliphatic heterocycles. The Morgan fingerprint density at radius 2 is 1.53 bits per heavy atom. The van der Waals surface area contributed by atoms with Gasteiger partial charge in [0.2, 0.25) is 0 Å². The highest BCUT2D eigenvalue weighted by Crippen LogP contribution is 2.12. The summed E-state index contributed by atoms with van der Waals surface area (Å²) in [5, 5.41) is 0. The van der Waals surface area contributed by atoms with Crippen molar-refractivity contribution in [3.05, 3.63) is 66.8 Å². The molecule has 2 aromatic carbocycles. The van der Waals surface area contributed by atoms with Crippen LogP contribution >= 0.6 is 0 Å². The number of halogens is 1. The highest BCUT2D eigenvalue weighted by molar-refractivity contribution is 5.18. The van der Waals surface area contributed by atoms with Crippen molar-refractivity contribution in [2.75, 3.05) is 0 Å². The van der Waals surface area contributed by atoms with Crippen LogP contribution in [-0.2, 0) is 0 Å². The van der Waals surface area contributed by atoms with Crippen LogP contribution in [0.2, 0.25) is 0 Å². The lowest BCUT2D eigenvalue weighted by molar-refractivity contribution is -0.598. The third-order valence-corrected chi connectivity index (χ3v) is 5.65. The lowest BCUT2D eigenvalue weighted by Crippen LogP contribution is -3.61. The van der Waals surface area contributed by atoms with Gasteiger partial charge in [0.15, 0.2) is 7.14 Å². The maximum atomic E-state index is 2.29. The Hall–Kier alpha value is -0.830. The summed E-state index contributed by atoms with van der Waals surface area (Å²) in [4.78, 5) is 0. The molecular weight excluding hydrogens is 319 g/mol. The van der Waals surface area contributed by atoms with E-state index in [0.29, 0.717) is 5.92 Å². The van der Waals surface area contributed by atoms with Crippen LogP contribution in [0.4, 0.5) is 0 Å². The molecule has 0 spiro atoms. The van der Waals surface area contributed by atoms with Crippen molar-refractivity contribution in [1.82, 2.24) is 0 Å². The molecular formula is C16H18I+. The van der Waals surface area contributed by atoms with E-state index in [2.05, 4.69) is 69.3 Å². The van der Waals surface area contributed by atoms with Gasteiger partial charge in [-0.2, -0.15) is 0 Å². The number of benzene rings is 2. The van der Waals surface area contributed by atoms with Crippen LogP contribution in [0.25, 0.3) is 0 Å². The van der Waals surface area contributed by atoms with Gasteiger partial charge in [-0.05, 0) is 31.0 Å². The van der Waals surface area contributed by atoms with Crippen LogP contribution in [-0.4, -0.2) is 0 Å². The number of aryl methyl sites for hydroxylation is 1. The molecule has 0 saturated heterocycles. The Morgan fingerprint density at radius 3 is 2.18 bits per heavy atom. The summed E-state index contributed by atoms with van der Waals surface area (Å²) in [5.41, 5.74) is 2.86. The van der Waals surface area contributed by atoms with Crippen LogP contribution in [0.5, 0.6) is 0 Å². The first kappa shape index (κ1) is 12.6. The standard InChI is InChI=1S/C16H18I/c1-12(2)15-6-4-5-7-16(15)17-14-10-8-13(3)9-11-14/h4-12H,1-3H3/q+1. The van der Waals surface area contributed by atoms with E-state index in [0.717, 1.165) is 0 Å². The van der Waals surface area contributed by atoms with Crippen molar-refractivity contribution in [2.45, 2.75) is 26.7 Å². The predicted octanol–water partition coefficient (Wildman–Crippen LogP) is 1.25. The van der Waals surface area contributed by atoms with Crippen molar-refractivity contribution in [1.29, 1.82) is 0 Å². The summed E-state index contributed by atoms with van der Waals surface area (Å²) in [7, 11) is 0. The summed E-state index contributed by atoms with van der Waals surface area (Å²) >= 11 is -0.0393. The minimum absolute atomic E-state index is 0.0393. The molecule has 0 unspecified atom stereocenters. The largest absolute Gasteiger partial charge is 0.358 e. The molecule has 17 heavy (non-hydrogen) atoms. The van der Waals surface area contributed by atoms with E-state index in [9.17, 15) is 0 Å².